The van der Waals surface area contributed by atoms with E-state index in [0.717, 1.165) is 11.4 Å². The van der Waals surface area contributed by atoms with Gasteiger partial charge in [0.25, 0.3) is 0 Å². The van der Waals surface area contributed by atoms with Gasteiger partial charge in [0.1, 0.15) is 17.3 Å². The molecule has 0 atom stereocenters. The highest BCUT2D eigenvalue weighted by Gasteiger charge is 2.19. The summed E-state index contributed by atoms with van der Waals surface area (Å²) in [6.45, 7) is 8.82. The molecule has 1 N–H and O–H groups in total. The average molecular weight is 258 g/mol. The van der Waals surface area contributed by atoms with Gasteiger partial charge in [-0.25, -0.2) is 9.97 Å². The van der Waals surface area contributed by atoms with E-state index in [1.54, 1.807) is 7.11 Å². The van der Waals surface area contributed by atoms with Gasteiger partial charge < -0.3 is 10.1 Å². The lowest BCUT2D eigenvalue weighted by atomic mass is 10.1. The Morgan fingerprint density at radius 2 is 2.06 bits per heavy atom. The first-order valence-corrected chi connectivity index (χ1v) is 6.04. The first-order chi connectivity index (χ1) is 7.87. The summed E-state index contributed by atoms with van der Waals surface area (Å²) in [6, 6.07) is 0. The Kier molecular flexibility index (Phi) is 4.71. The molecule has 0 spiro atoms. The van der Waals surface area contributed by atoms with Gasteiger partial charge >= 0.3 is 0 Å². The van der Waals surface area contributed by atoms with Crippen molar-refractivity contribution in [1.82, 2.24) is 9.97 Å². The number of ether oxygens (including phenoxy) is 1. The van der Waals surface area contributed by atoms with Gasteiger partial charge in [0.05, 0.1) is 5.60 Å². The predicted molar refractivity (Wildman–Crippen MR) is 70.7 cm³/mol. The fourth-order valence-electron chi connectivity index (χ4n) is 1.40. The minimum absolute atomic E-state index is 0.244. The SMILES string of the molecule is COC(C)(C)CNc1ncnc(Cl)c1C(C)C. The molecule has 1 aromatic rings. The predicted octanol–water partition coefficient (Wildman–Crippen LogP) is 3.09. The van der Waals surface area contributed by atoms with E-state index in [4.69, 9.17) is 16.3 Å². The van der Waals surface area contributed by atoms with Gasteiger partial charge in [-0.2, -0.15) is 0 Å². The molecular formula is C12H20ClN3O. The fourth-order valence-corrected chi connectivity index (χ4v) is 1.75. The minimum Gasteiger partial charge on any atom is -0.377 e. The van der Waals surface area contributed by atoms with Crippen LogP contribution in [0, 0.1) is 0 Å². The Morgan fingerprint density at radius 3 is 2.59 bits per heavy atom. The molecule has 0 aliphatic carbocycles. The van der Waals surface area contributed by atoms with Crippen molar-refractivity contribution in [3.63, 3.8) is 0 Å². The summed E-state index contributed by atoms with van der Waals surface area (Å²) in [6.07, 6.45) is 1.47. The third-order valence-corrected chi connectivity index (χ3v) is 2.95. The minimum atomic E-state index is -0.244. The van der Waals surface area contributed by atoms with E-state index >= 15 is 0 Å². The molecule has 1 rings (SSSR count). The molecule has 0 fully saturated rings. The van der Waals surface area contributed by atoms with Crippen LogP contribution in [-0.2, 0) is 4.74 Å². The summed E-state index contributed by atoms with van der Waals surface area (Å²) in [7, 11) is 1.69. The summed E-state index contributed by atoms with van der Waals surface area (Å²) in [5, 5.41) is 3.77. The van der Waals surface area contributed by atoms with Crippen LogP contribution in [0.4, 0.5) is 5.82 Å². The summed E-state index contributed by atoms with van der Waals surface area (Å²) in [4.78, 5) is 8.24. The second-order valence-corrected chi connectivity index (χ2v) is 5.26. The lowest BCUT2D eigenvalue weighted by Crippen LogP contribution is -2.32. The molecule has 0 bridgehead atoms. The van der Waals surface area contributed by atoms with Crippen molar-refractivity contribution in [1.29, 1.82) is 0 Å². The Bertz CT molecular complexity index is 380. The van der Waals surface area contributed by atoms with Gasteiger partial charge in [0.2, 0.25) is 0 Å². The van der Waals surface area contributed by atoms with Crippen LogP contribution in [0.15, 0.2) is 6.33 Å². The zero-order valence-electron chi connectivity index (χ0n) is 11.0. The molecule has 5 heteroatoms. The third kappa shape index (κ3) is 3.82. The van der Waals surface area contributed by atoms with E-state index in [-0.39, 0.29) is 11.5 Å². The Balaban J connectivity index is 2.88. The van der Waals surface area contributed by atoms with E-state index in [1.165, 1.54) is 6.33 Å². The highest BCUT2D eigenvalue weighted by molar-refractivity contribution is 6.30. The quantitative estimate of drug-likeness (QED) is 0.824. The van der Waals surface area contributed by atoms with Gasteiger partial charge in [-0.15, -0.1) is 0 Å². The second-order valence-electron chi connectivity index (χ2n) is 4.90. The average Bonchev–Trinajstić information content (AvgIpc) is 2.26. The second kappa shape index (κ2) is 5.65. The molecule has 0 aromatic carbocycles. The lowest BCUT2D eigenvalue weighted by Gasteiger charge is -2.24. The van der Waals surface area contributed by atoms with Crippen LogP contribution >= 0.6 is 11.6 Å². The van der Waals surface area contributed by atoms with Crippen molar-refractivity contribution in [2.45, 2.75) is 39.2 Å². The zero-order chi connectivity index (χ0) is 13.1. The van der Waals surface area contributed by atoms with Gasteiger partial charge in [0.15, 0.2) is 0 Å². The number of methoxy groups -OCH3 is 1. The van der Waals surface area contributed by atoms with E-state index in [2.05, 4.69) is 29.1 Å². The number of anilines is 1. The van der Waals surface area contributed by atoms with Crippen LogP contribution in [-0.4, -0.2) is 29.2 Å². The van der Waals surface area contributed by atoms with Crippen molar-refractivity contribution in [2.75, 3.05) is 19.0 Å². The molecule has 17 heavy (non-hydrogen) atoms. The van der Waals surface area contributed by atoms with Crippen LogP contribution in [0.3, 0.4) is 0 Å². The van der Waals surface area contributed by atoms with Crippen LogP contribution in [0.2, 0.25) is 5.15 Å². The van der Waals surface area contributed by atoms with Crippen molar-refractivity contribution in [3.8, 4) is 0 Å². The smallest absolute Gasteiger partial charge is 0.138 e. The lowest BCUT2D eigenvalue weighted by molar-refractivity contribution is 0.0343. The van der Waals surface area contributed by atoms with E-state index in [9.17, 15) is 0 Å². The zero-order valence-corrected chi connectivity index (χ0v) is 11.8. The molecule has 96 valence electrons. The number of nitrogens with one attached hydrogen (secondary N) is 1. The van der Waals surface area contributed by atoms with Gasteiger partial charge in [-0.3, -0.25) is 0 Å². The van der Waals surface area contributed by atoms with Crippen molar-refractivity contribution in [2.24, 2.45) is 0 Å². The maximum Gasteiger partial charge on any atom is 0.138 e. The molecule has 0 aliphatic heterocycles. The van der Waals surface area contributed by atoms with Crippen LogP contribution in [0.25, 0.3) is 0 Å². The maximum atomic E-state index is 6.09. The number of halogens is 1. The molecule has 0 saturated heterocycles. The topological polar surface area (TPSA) is 47.0 Å². The Morgan fingerprint density at radius 1 is 1.41 bits per heavy atom. The standard InChI is InChI=1S/C12H20ClN3O/c1-8(2)9-10(13)15-7-16-11(9)14-6-12(3,4)17-5/h7-8H,6H2,1-5H3,(H,14,15,16). The van der Waals surface area contributed by atoms with E-state index in [1.807, 2.05) is 13.8 Å². The molecule has 1 heterocycles. The van der Waals surface area contributed by atoms with Crippen LogP contribution in [0.5, 0.6) is 0 Å². The normalized spacial score (nSPS) is 11.9. The number of rotatable bonds is 5. The number of hydrogen-bond acceptors (Lipinski definition) is 4. The number of aromatic nitrogens is 2. The molecule has 4 nitrogen and oxygen atoms in total. The van der Waals surface area contributed by atoms with Crippen molar-refractivity contribution < 1.29 is 4.74 Å². The Hall–Kier alpha value is -0.870. The van der Waals surface area contributed by atoms with Gasteiger partial charge in [0, 0.05) is 19.2 Å². The monoisotopic (exact) mass is 257 g/mol. The molecule has 0 saturated carbocycles. The molecular weight excluding hydrogens is 238 g/mol. The maximum absolute atomic E-state index is 6.09. The van der Waals surface area contributed by atoms with Gasteiger partial charge in [-0.05, 0) is 19.8 Å². The first-order valence-electron chi connectivity index (χ1n) is 5.67. The molecule has 0 unspecified atom stereocenters. The number of nitrogens with zero attached hydrogens (tertiary/aromatic N) is 2. The fraction of sp³-hybridized carbons (Fsp3) is 0.667. The summed E-state index contributed by atoms with van der Waals surface area (Å²) >= 11 is 6.09. The van der Waals surface area contributed by atoms with E-state index < -0.39 is 0 Å². The largest absolute Gasteiger partial charge is 0.377 e. The van der Waals surface area contributed by atoms with Gasteiger partial charge in [-0.1, -0.05) is 25.4 Å². The van der Waals surface area contributed by atoms with Crippen LogP contribution < -0.4 is 5.32 Å². The van der Waals surface area contributed by atoms with Crippen molar-refractivity contribution in [3.05, 3.63) is 17.0 Å². The highest BCUT2D eigenvalue weighted by Crippen LogP contribution is 2.28. The highest BCUT2D eigenvalue weighted by atomic mass is 35.5. The van der Waals surface area contributed by atoms with Crippen molar-refractivity contribution >= 4 is 17.4 Å². The summed E-state index contributed by atoms with van der Waals surface area (Å²) < 4.78 is 5.35. The molecule has 0 aliphatic rings. The third-order valence-electron chi connectivity index (χ3n) is 2.65. The molecule has 0 radical (unpaired) electrons. The Labute approximate surface area is 108 Å². The van der Waals surface area contributed by atoms with Crippen LogP contribution in [0.1, 0.15) is 39.2 Å². The molecule has 0 amide bonds. The van der Waals surface area contributed by atoms with E-state index in [0.29, 0.717) is 11.7 Å². The first kappa shape index (κ1) is 14.2. The number of hydrogen-bond donors (Lipinski definition) is 1. The summed E-state index contributed by atoms with van der Waals surface area (Å²) in [5.41, 5.74) is 0.701. The molecule has 1 aromatic heterocycles. The summed E-state index contributed by atoms with van der Waals surface area (Å²) in [5.74, 6) is 1.06.